The van der Waals surface area contributed by atoms with Gasteiger partial charge in [-0.3, -0.25) is 0 Å². The van der Waals surface area contributed by atoms with E-state index in [9.17, 15) is 0 Å². The number of rotatable bonds is 4. The van der Waals surface area contributed by atoms with E-state index in [-0.39, 0.29) is 0 Å². The molecule has 0 radical (unpaired) electrons. The van der Waals surface area contributed by atoms with Crippen molar-refractivity contribution in [1.82, 2.24) is 20.1 Å². The van der Waals surface area contributed by atoms with E-state index >= 15 is 0 Å². The van der Waals surface area contributed by atoms with E-state index in [0.29, 0.717) is 28.5 Å². The Bertz CT molecular complexity index is 546. The fourth-order valence-corrected chi connectivity index (χ4v) is 2.33. The Morgan fingerprint density at radius 2 is 2.22 bits per heavy atom. The predicted octanol–water partition coefficient (Wildman–Crippen LogP) is 1.92. The lowest BCUT2D eigenvalue weighted by Gasteiger charge is -2.00. The van der Waals surface area contributed by atoms with Crippen molar-refractivity contribution in [3.63, 3.8) is 0 Å². The first kappa shape index (κ1) is 11.5. The van der Waals surface area contributed by atoms with Gasteiger partial charge in [0, 0.05) is 17.7 Å². The van der Waals surface area contributed by atoms with Crippen LogP contribution in [0.15, 0.2) is 15.7 Å². The number of nitrogens with zero attached hydrogens (tertiary/aromatic N) is 4. The largest absolute Gasteiger partial charge is 0.384 e. The summed E-state index contributed by atoms with van der Waals surface area (Å²) in [7, 11) is 0. The van der Waals surface area contributed by atoms with Gasteiger partial charge in [-0.25, -0.2) is 9.97 Å². The molecule has 2 aromatic rings. The average molecular weight is 263 g/mol. The molecule has 1 saturated carbocycles. The van der Waals surface area contributed by atoms with Crippen LogP contribution in [0.1, 0.15) is 36.2 Å². The normalized spacial score (nSPS) is 14.9. The molecule has 0 aromatic carbocycles. The molecule has 1 aliphatic rings. The Hall–Kier alpha value is -1.63. The van der Waals surface area contributed by atoms with E-state index in [1.807, 2.05) is 6.92 Å². The molecule has 6 nitrogen and oxygen atoms in total. The lowest BCUT2D eigenvalue weighted by molar-refractivity contribution is 0.375. The number of anilines is 1. The molecule has 1 fully saturated rings. The first-order valence-corrected chi connectivity index (χ1v) is 6.76. The van der Waals surface area contributed by atoms with Crippen LogP contribution in [0.4, 0.5) is 5.82 Å². The fourth-order valence-electron chi connectivity index (χ4n) is 1.58. The third-order valence-corrected chi connectivity index (χ3v) is 3.44. The first-order chi connectivity index (χ1) is 8.70. The van der Waals surface area contributed by atoms with Crippen LogP contribution in [-0.4, -0.2) is 20.1 Å². The number of hydrogen-bond donors (Lipinski definition) is 1. The molecule has 2 N–H and O–H groups in total. The quantitative estimate of drug-likeness (QED) is 0.665. The molecule has 0 atom stereocenters. The summed E-state index contributed by atoms with van der Waals surface area (Å²) in [4.78, 5) is 12.8. The molecule has 0 amide bonds. The number of nitrogens with two attached hydrogens (primary N) is 1. The Morgan fingerprint density at radius 1 is 1.39 bits per heavy atom. The molecular weight excluding hydrogens is 250 g/mol. The van der Waals surface area contributed by atoms with Gasteiger partial charge in [-0.1, -0.05) is 16.9 Å². The summed E-state index contributed by atoms with van der Waals surface area (Å²) in [6.45, 7) is 1.89. The van der Waals surface area contributed by atoms with Crippen molar-refractivity contribution in [3.8, 4) is 0 Å². The van der Waals surface area contributed by atoms with Crippen molar-refractivity contribution in [3.05, 3.63) is 23.5 Å². The minimum atomic E-state index is 0.483. The third kappa shape index (κ3) is 2.61. The van der Waals surface area contributed by atoms with Crippen LogP contribution in [0.2, 0.25) is 0 Å². The number of aromatic nitrogens is 4. The molecular formula is C11H13N5OS. The van der Waals surface area contributed by atoms with Gasteiger partial charge in [0.1, 0.15) is 5.82 Å². The van der Waals surface area contributed by atoms with E-state index in [1.54, 1.807) is 6.07 Å². The lowest BCUT2D eigenvalue weighted by atomic mass is 10.4. The fraction of sp³-hybridized carbons (Fsp3) is 0.455. The van der Waals surface area contributed by atoms with Gasteiger partial charge in [0.2, 0.25) is 5.89 Å². The highest BCUT2D eigenvalue weighted by Crippen LogP contribution is 2.39. The van der Waals surface area contributed by atoms with Crippen LogP contribution >= 0.6 is 11.8 Å². The molecule has 94 valence electrons. The van der Waals surface area contributed by atoms with Crippen molar-refractivity contribution in [1.29, 1.82) is 0 Å². The van der Waals surface area contributed by atoms with Crippen LogP contribution in [0.5, 0.6) is 0 Å². The van der Waals surface area contributed by atoms with Gasteiger partial charge in [0.05, 0.1) is 5.75 Å². The second-order valence-electron chi connectivity index (χ2n) is 4.33. The van der Waals surface area contributed by atoms with Crippen molar-refractivity contribution < 1.29 is 4.52 Å². The molecule has 18 heavy (non-hydrogen) atoms. The predicted molar refractivity (Wildman–Crippen MR) is 67.0 cm³/mol. The Balaban J connectivity index is 1.65. The highest BCUT2D eigenvalue weighted by molar-refractivity contribution is 7.98. The van der Waals surface area contributed by atoms with E-state index in [0.717, 1.165) is 24.4 Å². The lowest BCUT2D eigenvalue weighted by Crippen LogP contribution is -1.97. The van der Waals surface area contributed by atoms with E-state index < -0.39 is 0 Å². The zero-order chi connectivity index (χ0) is 12.5. The van der Waals surface area contributed by atoms with Crippen LogP contribution in [0.25, 0.3) is 0 Å². The smallest absolute Gasteiger partial charge is 0.229 e. The number of hydrogen-bond acceptors (Lipinski definition) is 7. The van der Waals surface area contributed by atoms with Gasteiger partial charge >= 0.3 is 0 Å². The standard InChI is InChI=1S/C11H13N5OS/c1-6-4-8(12)14-11(13-6)18-5-9-15-10(17-16-9)7-2-3-7/h4,7H,2-3,5H2,1H3,(H2,12,13,14). The Morgan fingerprint density at radius 3 is 2.94 bits per heavy atom. The molecule has 3 rings (SSSR count). The Kier molecular flexibility index (Phi) is 2.91. The van der Waals surface area contributed by atoms with Crippen LogP contribution in [-0.2, 0) is 5.75 Å². The maximum Gasteiger partial charge on any atom is 0.229 e. The van der Waals surface area contributed by atoms with Gasteiger partial charge in [-0.05, 0) is 19.8 Å². The molecule has 0 unspecified atom stereocenters. The van der Waals surface area contributed by atoms with Crippen LogP contribution < -0.4 is 5.73 Å². The van der Waals surface area contributed by atoms with Crippen molar-refractivity contribution >= 4 is 17.6 Å². The highest BCUT2D eigenvalue weighted by Gasteiger charge is 2.29. The molecule has 7 heteroatoms. The van der Waals surface area contributed by atoms with Gasteiger partial charge < -0.3 is 10.3 Å². The zero-order valence-electron chi connectivity index (χ0n) is 9.96. The second kappa shape index (κ2) is 4.56. The summed E-state index contributed by atoms with van der Waals surface area (Å²) < 4.78 is 5.18. The number of aryl methyl sites for hydroxylation is 1. The highest BCUT2D eigenvalue weighted by atomic mass is 32.2. The molecule has 2 aromatic heterocycles. The summed E-state index contributed by atoms with van der Waals surface area (Å²) in [5.41, 5.74) is 6.52. The molecule has 0 saturated heterocycles. The summed E-state index contributed by atoms with van der Waals surface area (Å²) in [6.07, 6.45) is 2.32. The van der Waals surface area contributed by atoms with Crippen LogP contribution in [0.3, 0.4) is 0 Å². The van der Waals surface area contributed by atoms with E-state index in [2.05, 4.69) is 20.1 Å². The van der Waals surface area contributed by atoms with E-state index in [1.165, 1.54) is 11.8 Å². The minimum absolute atomic E-state index is 0.483. The third-order valence-electron chi connectivity index (χ3n) is 2.59. The summed E-state index contributed by atoms with van der Waals surface area (Å²) in [5, 5.41) is 4.59. The van der Waals surface area contributed by atoms with E-state index in [4.69, 9.17) is 10.3 Å². The summed E-state index contributed by atoms with van der Waals surface area (Å²) >= 11 is 1.46. The Labute approximate surface area is 108 Å². The summed E-state index contributed by atoms with van der Waals surface area (Å²) in [5.74, 6) is 3.01. The maximum absolute atomic E-state index is 5.67. The number of thioether (sulfide) groups is 1. The first-order valence-electron chi connectivity index (χ1n) is 5.77. The topological polar surface area (TPSA) is 90.7 Å². The summed E-state index contributed by atoms with van der Waals surface area (Å²) in [6, 6.07) is 1.74. The van der Waals surface area contributed by atoms with Gasteiger partial charge in [0.25, 0.3) is 0 Å². The monoisotopic (exact) mass is 263 g/mol. The SMILES string of the molecule is Cc1cc(N)nc(SCc2noc(C3CC3)n2)n1. The zero-order valence-corrected chi connectivity index (χ0v) is 10.8. The number of nitrogen functional groups attached to an aromatic ring is 1. The second-order valence-corrected chi connectivity index (χ2v) is 5.27. The average Bonchev–Trinajstić information content (AvgIpc) is 3.05. The van der Waals surface area contributed by atoms with Crippen molar-refractivity contribution in [2.45, 2.75) is 36.6 Å². The van der Waals surface area contributed by atoms with Crippen molar-refractivity contribution in [2.24, 2.45) is 0 Å². The van der Waals surface area contributed by atoms with Crippen LogP contribution in [0, 0.1) is 6.92 Å². The van der Waals surface area contributed by atoms with Gasteiger partial charge in [-0.15, -0.1) is 0 Å². The van der Waals surface area contributed by atoms with Gasteiger partial charge in [0.15, 0.2) is 11.0 Å². The maximum atomic E-state index is 5.67. The molecule has 2 heterocycles. The molecule has 0 bridgehead atoms. The van der Waals surface area contributed by atoms with Gasteiger partial charge in [-0.2, -0.15) is 4.98 Å². The molecule has 0 spiro atoms. The minimum Gasteiger partial charge on any atom is -0.384 e. The molecule has 0 aliphatic heterocycles. The van der Waals surface area contributed by atoms with Crippen molar-refractivity contribution in [2.75, 3.05) is 5.73 Å². The molecule has 1 aliphatic carbocycles.